The zero-order valence-corrected chi connectivity index (χ0v) is 19.3. The predicted octanol–water partition coefficient (Wildman–Crippen LogP) is 6.49. The molecule has 3 aromatic carbocycles. The third kappa shape index (κ3) is 9.62. The van der Waals surface area contributed by atoms with Gasteiger partial charge in [0.05, 0.1) is 5.56 Å². The molecule has 0 aliphatic heterocycles. The summed E-state index contributed by atoms with van der Waals surface area (Å²) in [7, 11) is 0. The SMILES string of the molecule is CCCCN(Cc1ccccc1)Cc1ccc(-c2ccc(C(=O)O)cc2)cc1.O=C(O)C(F)(F)F. The molecular formula is C27H28F3NO4. The lowest BCUT2D eigenvalue weighted by molar-refractivity contribution is -0.192. The van der Waals surface area contributed by atoms with E-state index in [0.29, 0.717) is 5.56 Å². The second kappa shape index (κ2) is 13.3. The van der Waals surface area contributed by atoms with Crippen LogP contribution in [0.15, 0.2) is 78.9 Å². The third-order valence-corrected chi connectivity index (χ3v) is 5.14. The number of aliphatic carboxylic acids is 1. The number of alkyl halides is 3. The Hall–Kier alpha value is -3.65. The normalized spacial score (nSPS) is 11.0. The fourth-order valence-electron chi connectivity index (χ4n) is 3.30. The molecule has 3 rings (SSSR count). The zero-order chi connectivity index (χ0) is 25.8. The molecule has 0 aromatic heterocycles. The summed E-state index contributed by atoms with van der Waals surface area (Å²) >= 11 is 0. The topological polar surface area (TPSA) is 77.8 Å². The Morgan fingerprint density at radius 1 is 0.771 bits per heavy atom. The molecule has 3 aromatic rings. The lowest BCUT2D eigenvalue weighted by atomic mass is 10.0. The average Bonchev–Trinajstić information content (AvgIpc) is 2.83. The molecule has 0 aliphatic carbocycles. The van der Waals surface area contributed by atoms with E-state index in [4.69, 9.17) is 15.0 Å². The highest BCUT2D eigenvalue weighted by Gasteiger charge is 2.38. The van der Waals surface area contributed by atoms with Crippen molar-refractivity contribution in [2.45, 2.75) is 39.0 Å². The fourth-order valence-corrected chi connectivity index (χ4v) is 3.30. The molecule has 0 fully saturated rings. The summed E-state index contributed by atoms with van der Waals surface area (Å²) in [5.74, 6) is -3.65. The van der Waals surface area contributed by atoms with Crippen molar-refractivity contribution in [2.75, 3.05) is 6.54 Å². The number of carbonyl (C=O) groups is 2. The number of carboxylic acid groups (broad SMARTS) is 2. The highest BCUT2D eigenvalue weighted by atomic mass is 19.4. The van der Waals surface area contributed by atoms with Crippen LogP contribution >= 0.6 is 0 Å². The molecule has 0 heterocycles. The second-order valence-corrected chi connectivity index (χ2v) is 7.93. The maximum Gasteiger partial charge on any atom is 0.490 e. The minimum absolute atomic E-state index is 0.313. The number of halogens is 3. The summed E-state index contributed by atoms with van der Waals surface area (Å²) in [6, 6.07) is 26.2. The Balaban J connectivity index is 0.000000540. The summed E-state index contributed by atoms with van der Waals surface area (Å²) in [6.07, 6.45) is -2.70. The zero-order valence-electron chi connectivity index (χ0n) is 19.3. The van der Waals surface area contributed by atoms with Crippen molar-refractivity contribution in [1.29, 1.82) is 0 Å². The van der Waals surface area contributed by atoms with Crippen LogP contribution in [0.1, 0.15) is 41.3 Å². The second-order valence-electron chi connectivity index (χ2n) is 7.93. The number of carboxylic acids is 2. The third-order valence-electron chi connectivity index (χ3n) is 5.14. The molecule has 0 saturated carbocycles. The van der Waals surface area contributed by atoms with E-state index >= 15 is 0 Å². The first kappa shape index (κ1) is 27.6. The van der Waals surface area contributed by atoms with E-state index < -0.39 is 18.1 Å². The monoisotopic (exact) mass is 487 g/mol. The van der Waals surface area contributed by atoms with E-state index in [9.17, 15) is 18.0 Å². The first-order valence-electron chi connectivity index (χ1n) is 11.1. The van der Waals surface area contributed by atoms with Crippen LogP contribution in [0.5, 0.6) is 0 Å². The molecule has 0 saturated heterocycles. The average molecular weight is 488 g/mol. The van der Waals surface area contributed by atoms with Crippen LogP contribution in [0, 0.1) is 0 Å². The number of nitrogens with zero attached hydrogens (tertiary/aromatic N) is 1. The van der Waals surface area contributed by atoms with Crippen LogP contribution in [0.2, 0.25) is 0 Å². The van der Waals surface area contributed by atoms with Crippen molar-refractivity contribution in [1.82, 2.24) is 4.90 Å². The van der Waals surface area contributed by atoms with Crippen LogP contribution in [0.25, 0.3) is 11.1 Å². The maximum absolute atomic E-state index is 11.0. The number of aromatic carboxylic acids is 1. The number of benzene rings is 3. The minimum atomic E-state index is -5.08. The molecule has 0 radical (unpaired) electrons. The molecule has 0 atom stereocenters. The van der Waals surface area contributed by atoms with Crippen LogP contribution in [-0.2, 0) is 17.9 Å². The van der Waals surface area contributed by atoms with Gasteiger partial charge < -0.3 is 10.2 Å². The summed E-state index contributed by atoms with van der Waals surface area (Å²) in [4.78, 5) is 22.4. The van der Waals surface area contributed by atoms with E-state index in [2.05, 4.69) is 66.4 Å². The molecule has 2 N–H and O–H groups in total. The predicted molar refractivity (Wildman–Crippen MR) is 128 cm³/mol. The van der Waals surface area contributed by atoms with Crippen molar-refractivity contribution in [2.24, 2.45) is 0 Å². The smallest absolute Gasteiger partial charge is 0.478 e. The van der Waals surface area contributed by atoms with Gasteiger partial charge in [0.15, 0.2) is 0 Å². The molecule has 5 nitrogen and oxygen atoms in total. The molecule has 8 heteroatoms. The highest BCUT2D eigenvalue weighted by Crippen LogP contribution is 2.21. The Morgan fingerprint density at radius 2 is 1.23 bits per heavy atom. The Bertz CT molecular complexity index is 1070. The van der Waals surface area contributed by atoms with E-state index in [-0.39, 0.29) is 0 Å². The van der Waals surface area contributed by atoms with Crippen molar-refractivity contribution < 1.29 is 33.0 Å². The van der Waals surface area contributed by atoms with Crippen molar-refractivity contribution in [3.05, 3.63) is 95.6 Å². The van der Waals surface area contributed by atoms with Gasteiger partial charge >= 0.3 is 18.1 Å². The lowest BCUT2D eigenvalue weighted by Crippen LogP contribution is -2.23. The summed E-state index contributed by atoms with van der Waals surface area (Å²) in [6.45, 7) is 5.20. The standard InChI is InChI=1S/C25H27NO2.C2HF3O2/c1-2-3-17-26(18-20-7-5-4-6-8-20)19-21-9-11-22(12-10-21)23-13-15-24(16-14-23)25(27)28;3-2(4,5)1(6)7/h4-16H,2-3,17-19H2,1H3,(H,27,28);(H,6,7). The number of unbranched alkanes of at least 4 members (excludes halogenated alkanes) is 1. The van der Waals surface area contributed by atoms with Gasteiger partial charge in [-0.25, -0.2) is 9.59 Å². The number of hydrogen-bond acceptors (Lipinski definition) is 3. The molecule has 35 heavy (non-hydrogen) atoms. The molecule has 186 valence electrons. The van der Waals surface area contributed by atoms with Crippen molar-refractivity contribution in [3.8, 4) is 11.1 Å². The minimum Gasteiger partial charge on any atom is -0.478 e. The lowest BCUT2D eigenvalue weighted by Gasteiger charge is -2.22. The van der Waals surface area contributed by atoms with Crippen LogP contribution in [0.4, 0.5) is 13.2 Å². The first-order chi connectivity index (χ1) is 16.6. The fraction of sp³-hybridized carbons (Fsp3) is 0.259. The van der Waals surface area contributed by atoms with Crippen LogP contribution in [0.3, 0.4) is 0 Å². The molecule has 0 amide bonds. The van der Waals surface area contributed by atoms with Crippen LogP contribution < -0.4 is 0 Å². The van der Waals surface area contributed by atoms with Gasteiger partial charge in [-0.1, -0.05) is 80.1 Å². The van der Waals surface area contributed by atoms with Gasteiger partial charge in [-0.05, 0) is 47.4 Å². The molecular weight excluding hydrogens is 459 g/mol. The number of rotatable bonds is 9. The molecule has 0 aliphatic rings. The van der Waals surface area contributed by atoms with Gasteiger partial charge in [0.25, 0.3) is 0 Å². The van der Waals surface area contributed by atoms with Gasteiger partial charge in [0.1, 0.15) is 0 Å². The molecule has 0 unspecified atom stereocenters. The Morgan fingerprint density at radius 3 is 1.66 bits per heavy atom. The highest BCUT2D eigenvalue weighted by molar-refractivity contribution is 5.88. The summed E-state index contributed by atoms with van der Waals surface area (Å²) in [5.41, 5.74) is 5.08. The van der Waals surface area contributed by atoms with E-state index in [1.165, 1.54) is 24.0 Å². The van der Waals surface area contributed by atoms with Crippen molar-refractivity contribution in [3.63, 3.8) is 0 Å². The van der Waals surface area contributed by atoms with Gasteiger partial charge in [-0.2, -0.15) is 13.2 Å². The van der Waals surface area contributed by atoms with E-state index in [1.807, 2.05) is 12.1 Å². The molecule has 0 bridgehead atoms. The van der Waals surface area contributed by atoms with Crippen molar-refractivity contribution >= 4 is 11.9 Å². The Kier molecular flexibility index (Phi) is 10.5. The Labute approximate surface area is 202 Å². The van der Waals surface area contributed by atoms with E-state index in [1.54, 1.807) is 12.1 Å². The molecule has 0 spiro atoms. The van der Waals surface area contributed by atoms with Gasteiger partial charge in [0, 0.05) is 13.1 Å². The maximum atomic E-state index is 11.0. The quantitative estimate of drug-likeness (QED) is 0.361. The van der Waals surface area contributed by atoms with Gasteiger partial charge in [0.2, 0.25) is 0 Å². The van der Waals surface area contributed by atoms with Crippen LogP contribution in [-0.4, -0.2) is 39.8 Å². The summed E-state index contributed by atoms with van der Waals surface area (Å²) in [5, 5.41) is 16.2. The largest absolute Gasteiger partial charge is 0.490 e. The van der Waals surface area contributed by atoms with Gasteiger partial charge in [-0.15, -0.1) is 0 Å². The van der Waals surface area contributed by atoms with Gasteiger partial charge in [-0.3, -0.25) is 4.90 Å². The number of hydrogen-bond donors (Lipinski definition) is 2. The summed E-state index contributed by atoms with van der Waals surface area (Å²) < 4.78 is 31.7. The first-order valence-corrected chi connectivity index (χ1v) is 11.1. The van der Waals surface area contributed by atoms with E-state index in [0.717, 1.165) is 30.8 Å².